The highest BCUT2D eigenvalue weighted by Crippen LogP contribution is 2.48. The molecule has 0 spiro atoms. The Labute approximate surface area is 89.9 Å². The molecule has 1 aliphatic rings. The lowest BCUT2D eigenvalue weighted by Gasteiger charge is -2.38. The van der Waals surface area contributed by atoms with Crippen molar-refractivity contribution in [3.63, 3.8) is 0 Å². The van der Waals surface area contributed by atoms with E-state index < -0.39 is 0 Å². The van der Waals surface area contributed by atoms with E-state index in [1.807, 2.05) is 18.7 Å². The molecule has 2 rings (SSSR count). The molecule has 0 bridgehead atoms. The Morgan fingerprint density at radius 2 is 2.00 bits per heavy atom. The summed E-state index contributed by atoms with van der Waals surface area (Å²) in [5, 5.41) is 0. The second kappa shape index (κ2) is 3.85. The molecule has 14 heavy (non-hydrogen) atoms. The zero-order chi connectivity index (χ0) is 10.0. The summed E-state index contributed by atoms with van der Waals surface area (Å²) in [6.45, 7) is 5.07. The third-order valence-electron chi connectivity index (χ3n) is 2.78. The third kappa shape index (κ3) is 1.76. The normalized spacial score (nSPS) is 25.6. The minimum Gasteiger partial charge on any atom is -0.494 e. The average Bonchev–Trinajstić information content (AvgIpc) is 2.16. The smallest absolute Gasteiger partial charge is 0.119 e. The molecular formula is C12H16OS. The quantitative estimate of drug-likeness (QED) is 0.752. The molecule has 0 N–H and O–H groups in total. The maximum atomic E-state index is 5.42. The lowest BCUT2D eigenvalue weighted by molar-refractivity contribution is 0.340. The van der Waals surface area contributed by atoms with E-state index in [0.717, 1.165) is 12.4 Å². The first-order chi connectivity index (χ1) is 6.74. The first-order valence-corrected chi connectivity index (χ1v) is 6.10. The SMILES string of the molecule is CCOc1ccc(C2(C)CCS2)cc1. The van der Waals surface area contributed by atoms with Crippen molar-refractivity contribution in [3.8, 4) is 5.75 Å². The number of thioether (sulfide) groups is 1. The van der Waals surface area contributed by atoms with Gasteiger partial charge in [-0.15, -0.1) is 0 Å². The largest absolute Gasteiger partial charge is 0.494 e. The van der Waals surface area contributed by atoms with Crippen LogP contribution in [0.4, 0.5) is 0 Å². The van der Waals surface area contributed by atoms with Crippen LogP contribution < -0.4 is 4.74 Å². The molecule has 0 amide bonds. The lowest BCUT2D eigenvalue weighted by atomic mass is 9.96. The molecular weight excluding hydrogens is 192 g/mol. The zero-order valence-electron chi connectivity index (χ0n) is 8.75. The molecule has 1 saturated heterocycles. The Bertz CT molecular complexity index is 301. The van der Waals surface area contributed by atoms with Crippen molar-refractivity contribution in [1.29, 1.82) is 0 Å². The molecule has 1 nitrogen and oxygen atoms in total. The van der Waals surface area contributed by atoms with E-state index >= 15 is 0 Å². The maximum absolute atomic E-state index is 5.42. The van der Waals surface area contributed by atoms with Gasteiger partial charge >= 0.3 is 0 Å². The van der Waals surface area contributed by atoms with E-state index in [1.165, 1.54) is 17.7 Å². The Morgan fingerprint density at radius 3 is 2.43 bits per heavy atom. The molecule has 1 unspecified atom stereocenters. The van der Waals surface area contributed by atoms with Crippen molar-refractivity contribution in [2.75, 3.05) is 12.4 Å². The first-order valence-electron chi connectivity index (χ1n) is 5.12. The lowest BCUT2D eigenvalue weighted by Crippen LogP contribution is -2.27. The van der Waals surface area contributed by atoms with Crippen LogP contribution in [0.3, 0.4) is 0 Å². The van der Waals surface area contributed by atoms with Crippen LogP contribution in [-0.2, 0) is 4.75 Å². The van der Waals surface area contributed by atoms with Crippen LogP contribution in [0.15, 0.2) is 24.3 Å². The molecule has 0 radical (unpaired) electrons. The highest BCUT2D eigenvalue weighted by Gasteiger charge is 2.34. The summed E-state index contributed by atoms with van der Waals surface area (Å²) >= 11 is 2.04. The number of rotatable bonds is 3. The van der Waals surface area contributed by atoms with Crippen LogP contribution in [-0.4, -0.2) is 12.4 Å². The minimum atomic E-state index is 0.366. The number of ether oxygens (including phenoxy) is 1. The first kappa shape index (κ1) is 9.91. The van der Waals surface area contributed by atoms with Gasteiger partial charge in [0, 0.05) is 4.75 Å². The molecule has 0 aromatic heterocycles. The summed E-state index contributed by atoms with van der Waals surface area (Å²) in [6.07, 6.45) is 1.30. The van der Waals surface area contributed by atoms with Gasteiger partial charge in [0.1, 0.15) is 5.75 Å². The molecule has 0 aliphatic carbocycles. The fourth-order valence-corrected chi connectivity index (χ4v) is 2.83. The topological polar surface area (TPSA) is 9.23 Å². The zero-order valence-corrected chi connectivity index (χ0v) is 9.56. The third-order valence-corrected chi connectivity index (χ3v) is 4.26. The van der Waals surface area contributed by atoms with Crippen molar-refractivity contribution in [1.82, 2.24) is 0 Å². The maximum Gasteiger partial charge on any atom is 0.119 e. The fourth-order valence-electron chi connectivity index (χ4n) is 1.71. The molecule has 76 valence electrons. The van der Waals surface area contributed by atoms with Crippen LogP contribution in [0.5, 0.6) is 5.75 Å². The minimum absolute atomic E-state index is 0.366. The standard InChI is InChI=1S/C12H16OS/c1-3-13-11-6-4-10(5-7-11)12(2)8-9-14-12/h4-7H,3,8-9H2,1-2H3. The van der Waals surface area contributed by atoms with Crippen molar-refractivity contribution in [3.05, 3.63) is 29.8 Å². The molecule has 1 aromatic rings. The molecule has 0 saturated carbocycles. The van der Waals surface area contributed by atoms with Crippen LogP contribution >= 0.6 is 11.8 Å². The summed E-state index contributed by atoms with van der Waals surface area (Å²) in [6, 6.07) is 8.53. The van der Waals surface area contributed by atoms with E-state index in [9.17, 15) is 0 Å². The number of benzene rings is 1. The van der Waals surface area contributed by atoms with Gasteiger partial charge in [-0.1, -0.05) is 12.1 Å². The molecule has 1 fully saturated rings. The Balaban J connectivity index is 2.13. The van der Waals surface area contributed by atoms with Gasteiger partial charge in [0.2, 0.25) is 0 Å². The second-order valence-corrected chi connectivity index (χ2v) is 5.38. The van der Waals surface area contributed by atoms with Gasteiger partial charge < -0.3 is 4.74 Å². The summed E-state index contributed by atoms with van der Waals surface area (Å²) in [5.74, 6) is 2.27. The predicted molar refractivity (Wildman–Crippen MR) is 62.0 cm³/mol. The Morgan fingerprint density at radius 1 is 1.36 bits per heavy atom. The van der Waals surface area contributed by atoms with Gasteiger partial charge in [-0.3, -0.25) is 0 Å². The van der Waals surface area contributed by atoms with E-state index in [1.54, 1.807) is 0 Å². The monoisotopic (exact) mass is 208 g/mol. The van der Waals surface area contributed by atoms with Crippen LogP contribution in [0.2, 0.25) is 0 Å². The van der Waals surface area contributed by atoms with E-state index in [0.29, 0.717) is 4.75 Å². The highest BCUT2D eigenvalue weighted by atomic mass is 32.2. The van der Waals surface area contributed by atoms with Gasteiger partial charge in [0.15, 0.2) is 0 Å². The summed E-state index contributed by atoms with van der Waals surface area (Å²) in [4.78, 5) is 0. The van der Waals surface area contributed by atoms with Gasteiger partial charge in [-0.05, 0) is 43.7 Å². The fraction of sp³-hybridized carbons (Fsp3) is 0.500. The van der Waals surface area contributed by atoms with Crippen LogP contribution in [0, 0.1) is 0 Å². The van der Waals surface area contributed by atoms with E-state index in [-0.39, 0.29) is 0 Å². The average molecular weight is 208 g/mol. The summed E-state index contributed by atoms with van der Waals surface area (Å²) in [5.41, 5.74) is 1.43. The molecule has 1 aromatic carbocycles. The van der Waals surface area contributed by atoms with Gasteiger partial charge in [0.25, 0.3) is 0 Å². The number of hydrogen-bond donors (Lipinski definition) is 0. The molecule has 1 atom stereocenters. The highest BCUT2D eigenvalue weighted by molar-refractivity contribution is 8.01. The number of hydrogen-bond acceptors (Lipinski definition) is 2. The van der Waals surface area contributed by atoms with Crippen LogP contribution in [0.1, 0.15) is 25.8 Å². The van der Waals surface area contributed by atoms with Crippen LogP contribution in [0.25, 0.3) is 0 Å². The summed E-state index contributed by atoms with van der Waals surface area (Å²) < 4.78 is 5.78. The van der Waals surface area contributed by atoms with Crippen molar-refractivity contribution in [2.45, 2.75) is 25.0 Å². The Hall–Kier alpha value is -0.630. The van der Waals surface area contributed by atoms with E-state index in [4.69, 9.17) is 4.74 Å². The van der Waals surface area contributed by atoms with Gasteiger partial charge in [-0.2, -0.15) is 11.8 Å². The Kier molecular flexibility index (Phi) is 2.73. The summed E-state index contributed by atoms with van der Waals surface area (Å²) in [7, 11) is 0. The second-order valence-electron chi connectivity index (χ2n) is 3.79. The van der Waals surface area contributed by atoms with Gasteiger partial charge in [-0.25, -0.2) is 0 Å². The molecule has 2 heteroatoms. The van der Waals surface area contributed by atoms with Gasteiger partial charge in [0.05, 0.1) is 6.61 Å². The van der Waals surface area contributed by atoms with Crippen molar-refractivity contribution < 1.29 is 4.74 Å². The van der Waals surface area contributed by atoms with Crippen molar-refractivity contribution >= 4 is 11.8 Å². The predicted octanol–water partition coefficient (Wildman–Crippen LogP) is 3.44. The molecule has 1 heterocycles. The molecule has 1 aliphatic heterocycles. The van der Waals surface area contributed by atoms with E-state index in [2.05, 4.69) is 31.2 Å². The van der Waals surface area contributed by atoms with Crippen molar-refractivity contribution in [2.24, 2.45) is 0 Å².